The molecule has 0 amide bonds. The molecule has 3 rings (SSSR count). The summed E-state index contributed by atoms with van der Waals surface area (Å²) >= 11 is 0. The molecule has 0 bridgehead atoms. The second kappa shape index (κ2) is 8.62. The Kier molecular flexibility index (Phi) is 6.21. The van der Waals surface area contributed by atoms with Gasteiger partial charge in [0.15, 0.2) is 11.5 Å². The lowest BCUT2D eigenvalue weighted by atomic mass is 10.1. The highest BCUT2D eigenvalue weighted by Crippen LogP contribution is 2.26. The minimum Gasteiger partial charge on any atom is -0.483 e. The number of nitrogens with one attached hydrogen (secondary N) is 1. The van der Waals surface area contributed by atoms with Crippen LogP contribution in [0.2, 0.25) is 0 Å². The van der Waals surface area contributed by atoms with Crippen LogP contribution in [0.4, 0.5) is 8.78 Å². The molecule has 2 N–H and O–H groups in total. The van der Waals surface area contributed by atoms with Gasteiger partial charge in [0.25, 0.3) is 0 Å². The number of pyridine rings is 1. The van der Waals surface area contributed by atoms with Crippen molar-refractivity contribution in [2.24, 2.45) is 0 Å². The van der Waals surface area contributed by atoms with Crippen LogP contribution < -0.4 is 10.1 Å². The van der Waals surface area contributed by atoms with Gasteiger partial charge in [-0.25, -0.2) is 18.6 Å². The molecule has 1 aromatic heterocycles. The standard InChI is InChI=1S/C20H23F2N3O3/c1-12-3-4-14(7-16(12)21)18(11-25-6-5-23-13(2)10-25)28-15-8-17(22)19(20(26)27)24-9-15/h3-4,7-9,13,18,23H,5-6,10-11H2,1-2H3,(H,26,27)/t13-,18-/m1/s1. The first-order valence-corrected chi connectivity index (χ1v) is 9.10. The van der Waals surface area contributed by atoms with Crippen LogP contribution in [0.5, 0.6) is 5.75 Å². The highest BCUT2D eigenvalue weighted by Gasteiger charge is 2.23. The number of hydrogen-bond acceptors (Lipinski definition) is 5. The Bertz CT molecular complexity index is 863. The number of ether oxygens (including phenoxy) is 1. The maximum Gasteiger partial charge on any atom is 0.357 e. The van der Waals surface area contributed by atoms with E-state index in [2.05, 4.69) is 22.1 Å². The summed E-state index contributed by atoms with van der Waals surface area (Å²) in [5.74, 6) is -2.67. The topological polar surface area (TPSA) is 74.7 Å². The maximum absolute atomic E-state index is 14.1. The molecule has 0 radical (unpaired) electrons. The van der Waals surface area contributed by atoms with E-state index in [1.165, 1.54) is 12.3 Å². The number of benzene rings is 1. The lowest BCUT2D eigenvalue weighted by Crippen LogP contribution is -2.50. The minimum absolute atomic E-state index is 0.0941. The molecule has 1 aromatic carbocycles. The number of piperazine rings is 1. The van der Waals surface area contributed by atoms with Crippen LogP contribution in [-0.4, -0.2) is 53.2 Å². The van der Waals surface area contributed by atoms with Crippen molar-refractivity contribution >= 4 is 5.97 Å². The van der Waals surface area contributed by atoms with Gasteiger partial charge in [-0.05, 0) is 31.0 Å². The molecule has 2 aromatic rings. The van der Waals surface area contributed by atoms with Gasteiger partial charge in [-0.1, -0.05) is 12.1 Å². The van der Waals surface area contributed by atoms with E-state index in [-0.39, 0.29) is 11.6 Å². The number of rotatable bonds is 6. The maximum atomic E-state index is 14.1. The van der Waals surface area contributed by atoms with Crippen LogP contribution >= 0.6 is 0 Å². The molecule has 1 aliphatic heterocycles. The van der Waals surface area contributed by atoms with Crippen molar-refractivity contribution in [3.63, 3.8) is 0 Å². The Balaban J connectivity index is 1.86. The highest BCUT2D eigenvalue weighted by atomic mass is 19.1. The Morgan fingerprint density at radius 3 is 2.82 bits per heavy atom. The molecule has 0 spiro atoms. The summed E-state index contributed by atoms with van der Waals surface area (Å²) < 4.78 is 34.0. The van der Waals surface area contributed by atoms with Crippen molar-refractivity contribution in [2.45, 2.75) is 26.0 Å². The largest absolute Gasteiger partial charge is 0.483 e. The van der Waals surface area contributed by atoms with E-state index in [0.29, 0.717) is 23.7 Å². The third-order valence-electron chi connectivity index (χ3n) is 4.74. The molecular weight excluding hydrogens is 368 g/mol. The van der Waals surface area contributed by atoms with Gasteiger partial charge in [0.2, 0.25) is 0 Å². The number of nitrogens with zero attached hydrogens (tertiary/aromatic N) is 2. The lowest BCUT2D eigenvalue weighted by Gasteiger charge is -2.34. The van der Waals surface area contributed by atoms with Crippen molar-refractivity contribution in [2.75, 3.05) is 26.2 Å². The summed E-state index contributed by atoms with van der Waals surface area (Å²) in [4.78, 5) is 16.8. The molecule has 1 fully saturated rings. The van der Waals surface area contributed by atoms with Crippen LogP contribution in [-0.2, 0) is 0 Å². The number of carbonyl (C=O) groups is 1. The molecule has 6 nitrogen and oxygen atoms in total. The molecule has 0 aliphatic carbocycles. The molecule has 0 saturated carbocycles. The lowest BCUT2D eigenvalue weighted by molar-refractivity contribution is 0.0684. The van der Waals surface area contributed by atoms with Gasteiger partial charge in [-0.15, -0.1) is 0 Å². The number of halogens is 2. The fraction of sp³-hybridized carbons (Fsp3) is 0.400. The van der Waals surface area contributed by atoms with Gasteiger partial charge in [0.1, 0.15) is 17.7 Å². The average molecular weight is 391 g/mol. The highest BCUT2D eigenvalue weighted by molar-refractivity contribution is 5.85. The predicted molar refractivity (Wildman–Crippen MR) is 99.6 cm³/mol. The summed E-state index contributed by atoms with van der Waals surface area (Å²) in [7, 11) is 0. The van der Waals surface area contributed by atoms with Crippen LogP contribution in [0.15, 0.2) is 30.5 Å². The number of carboxylic acids is 1. The Morgan fingerprint density at radius 1 is 1.39 bits per heavy atom. The van der Waals surface area contributed by atoms with E-state index in [9.17, 15) is 13.6 Å². The third-order valence-corrected chi connectivity index (χ3v) is 4.74. The van der Waals surface area contributed by atoms with Gasteiger partial charge in [0, 0.05) is 38.3 Å². The zero-order valence-electron chi connectivity index (χ0n) is 15.8. The first-order valence-electron chi connectivity index (χ1n) is 9.10. The first-order chi connectivity index (χ1) is 13.3. The molecule has 0 unspecified atom stereocenters. The summed E-state index contributed by atoms with van der Waals surface area (Å²) in [6.45, 7) is 6.69. The Hall–Kier alpha value is -2.58. The number of aryl methyl sites for hydroxylation is 1. The van der Waals surface area contributed by atoms with E-state index in [1.54, 1.807) is 19.1 Å². The quantitative estimate of drug-likeness (QED) is 0.789. The summed E-state index contributed by atoms with van der Waals surface area (Å²) in [5.41, 5.74) is 0.482. The second-order valence-electron chi connectivity index (χ2n) is 7.04. The normalized spacial score (nSPS) is 18.6. The fourth-order valence-corrected chi connectivity index (χ4v) is 3.24. The predicted octanol–water partition coefficient (Wildman–Crippen LogP) is 2.78. The molecule has 28 heavy (non-hydrogen) atoms. The molecule has 2 heterocycles. The van der Waals surface area contributed by atoms with Crippen LogP contribution in [0.3, 0.4) is 0 Å². The van der Waals surface area contributed by atoms with Crippen molar-refractivity contribution in [1.82, 2.24) is 15.2 Å². The number of carboxylic acid groups (broad SMARTS) is 1. The smallest absolute Gasteiger partial charge is 0.357 e. The van der Waals surface area contributed by atoms with Gasteiger partial charge in [-0.3, -0.25) is 4.90 Å². The van der Waals surface area contributed by atoms with Gasteiger partial charge >= 0.3 is 5.97 Å². The van der Waals surface area contributed by atoms with Crippen molar-refractivity contribution < 1.29 is 23.4 Å². The SMILES string of the molecule is Cc1ccc([C@@H](CN2CCN[C@H](C)C2)Oc2cnc(C(=O)O)c(F)c2)cc1F. The van der Waals surface area contributed by atoms with Gasteiger partial charge in [-0.2, -0.15) is 0 Å². The Morgan fingerprint density at radius 2 is 2.18 bits per heavy atom. The zero-order valence-corrected chi connectivity index (χ0v) is 15.8. The zero-order chi connectivity index (χ0) is 20.3. The first kappa shape index (κ1) is 20.2. The third kappa shape index (κ3) is 4.82. The van der Waals surface area contributed by atoms with Crippen LogP contribution in [0.1, 0.15) is 34.6 Å². The average Bonchev–Trinajstić information content (AvgIpc) is 2.63. The van der Waals surface area contributed by atoms with E-state index in [1.807, 2.05) is 0 Å². The van der Waals surface area contributed by atoms with Crippen molar-refractivity contribution in [3.8, 4) is 5.75 Å². The van der Waals surface area contributed by atoms with Crippen molar-refractivity contribution in [3.05, 3.63) is 58.9 Å². The number of hydrogen-bond donors (Lipinski definition) is 2. The van der Waals surface area contributed by atoms with E-state index in [0.717, 1.165) is 25.7 Å². The molecule has 150 valence electrons. The number of aromatic nitrogens is 1. The molecule has 8 heteroatoms. The minimum atomic E-state index is -1.45. The molecular formula is C20H23F2N3O3. The summed E-state index contributed by atoms with van der Waals surface area (Å²) in [5, 5.41) is 12.3. The summed E-state index contributed by atoms with van der Waals surface area (Å²) in [6.07, 6.45) is 0.613. The Labute approximate surface area is 162 Å². The van der Waals surface area contributed by atoms with E-state index < -0.39 is 23.6 Å². The monoisotopic (exact) mass is 391 g/mol. The number of aromatic carboxylic acids is 1. The van der Waals surface area contributed by atoms with Crippen molar-refractivity contribution in [1.29, 1.82) is 0 Å². The van der Waals surface area contributed by atoms with Gasteiger partial charge in [0.05, 0.1) is 6.20 Å². The van der Waals surface area contributed by atoms with Crippen LogP contribution in [0, 0.1) is 18.6 Å². The molecule has 1 saturated heterocycles. The fourth-order valence-electron chi connectivity index (χ4n) is 3.24. The van der Waals surface area contributed by atoms with Gasteiger partial charge < -0.3 is 15.2 Å². The van der Waals surface area contributed by atoms with Crippen LogP contribution in [0.25, 0.3) is 0 Å². The molecule has 2 atom stereocenters. The van der Waals surface area contributed by atoms with E-state index in [4.69, 9.17) is 9.84 Å². The summed E-state index contributed by atoms with van der Waals surface area (Å²) in [6, 6.07) is 6.19. The molecule has 1 aliphatic rings. The van der Waals surface area contributed by atoms with E-state index >= 15 is 0 Å². The second-order valence-corrected chi connectivity index (χ2v) is 7.04.